The number of rotatable bonds is 2. The van der Waals surface area contributed by atoms with Crippen molar-refractivity contribution in [2.24, 2.45) is 0 Å². The highest BCUT2D eigenvalue weighted by Gasteiger charge is 2.32. The van der Waals surface area contributed by atoms with Crippen molar-refractivity contribution >= 4 is 28.5 Å². The number of anilines is 1. The summed E-state index contributed by atoms with van der Waals surface area (Å²) in [7, 11) is 1.53. The zero-order chi connectivity index (χ0) is 15.0. The van der Waals surface area contributed by atoms with E-state index in [9.17, 15) is 9.59 Å². The van der Waals surface area contributed by atoms with Crippen LogP contribution in [0.4, 0.5) is 5.82 Å². The summed E-state index contributed by atoms with van der Waals surface area (Å²) in [6.45, 7) is 1.96. The first-order chi connectivity index (χ1) is 10.1. The standard InChI is InChI=1S/C16H17N3O2/c1-10-9-11-5-3-4-6-12(11)17-15(10)18-13-7-8-14(20)19(2)16(13)21/h3-6,9,13H,7-8H2,1-2H3,(H,17,18). The van der Waals surface area contributed by atoms with Crippen LogP contribution < -0.4 is 5.32 Å². The molecule has 1 atom stereocenters. The zero-order valence-corrected chi connectivity index (χ0v) is 12.1. The Kier molecular flexibility index (Phi) is 3.33. The van der Waals surface area contributed by atoms with Crippen LogP contribution in [0.15, 0.2) is 30.3 Å². The molecule has 2 heterocycles. The molecule has 1 aliphatic rings. The summed E-state index contributed by atoms with van der Waals surface area (Å²) in [5.74, 6) is 0.386. The largest absolute Gasteiger partial charge is 0.358 e. The maximum absolute atomic E-state index is 12.1. The molecule has 5 heteroatoms. The van der Waals surface area contributed by atoms with Crippen molar-refractivity contribution in [3.8, 4) is 0 Å². The summed E-state index contributed by atoms with van der Waals surface area (Å²) in [6.07, 6.45) is 0.891. The first-order valence-electron chi connectivity index (χ1n) is 6.99. The van der Waals surface area contributed by atoms with Crippen LogP contribution in [-0.4, -0.2) is 34.8 Å². The molecule has 0 spiro atoms. The normalized spacial score (nSPS) is 19.1. The molecular weight excluding hydrogens is 266 g/mol. The van der Waals surface area contributed by atoms with Crippen molar-refractivity contribution in [3.63, 3.8) is 0 Å². The molecule has 1 unspecified atom stereocenters. The first kappa shape index (κ1) is 13.5. The number of carbonyl (C=O) groups excluding carboxylic acids is 2. The number of hydrogen-bond donors (Lipinski definition) is 1. The van der Waals surface area contributed by atoms with Gasteiger partial charge in [0.1, 0.15) is 11.9 Å². The highest BCUT2D eigenvalue weighted by atomic mass is 16.2. The number of hydrogen-bond acceptors (Lipinski definition) is 4. The predicted molar refractivity (Wildman–Crippen MR) is 80.9 cm³/mol. The van der Waals surface area contributed by atoms with E-state index >= 15 is 0 Å². The van der Waals surface area contributed by atoms with E-state index in [1.165, 1.54) is 11.9 Å². The molecule has 3 rings (SSSR count). The lowest BCUT2D eigenvalue weighted by Crippen LogP contribution is -2.48. The van der Waals surface area contributed by atoms with E-state index in [2.05, 4.69) is 10.3 Å². The Morgan fingerprint density at radius 2 is 2.05 bits per heavy atom. The van der Waals surface area contributed by atoms with Gasteiger partial charge >= 0.3 is 0 Å². The Morgan fingerprint density at radius 1 is 1.29 bits per heavy atom. The Morgan fingerprint density at radius 3 is 2.86 bits per heavy atom. The van der Waals surface area contributed by atoms with Crippen LogP contribution in [0, 0.1) is 6.92 Å². The number of para-hydroxylation sites is 1. The average molecular weight is 283 g/mol. The molecule has 0 bridgehead atoms. The quantitative estimate of drug-likeness (QED) is 0.857. The highest BCUT2D eigenvalue weighted by Crippen LogP contribution is 2.22. The third-order valence-corrected chi connectivity index (χ3v) is 3.88. The number of benzene rings is 1. The number of carbonyl (C=O) groups is 2. The molecule has 5 nitrogen and oxygen atoms in total. The maximum Gasteiger partial charge on any atom is 0.251 e. The third kappa shape index (κ3) is 2.46. The summed E-state index contributed by atoms with van der Waals surface area (Å²) in [6, 6.07) is 9.52. The van der Waals surface area contributed by atoms with Gasteiger partial charge in [-0.15, -0.1) is 0 Å². The van der Waals surface area contributed by atoms with Crippen molar-refractivity contribution < 1.29 is 9.59 Å². The fraction of sp³-hybridized carbons (Fsp3) is 0.312. The third-order valence-electron chi connectivity index (χ3n) is 3.88. The van der Waals surface area contributed by atoms with Crippen LogP contribution in [-0.2, 0) is 9.59 Å². The minimum absolute atomic E-state index is 0.124. The number of amides is 2. The lowest BCUT2D eigenvalue weighted by Gasteiger charge is -2.28. The van der Waals surface area contributed by atoms with Crippen molar-refractivity contribution in [1.29, 1.82) is 0 Å². The number of likely N-dealkylation sites (tertiary alicyclic amines) is 1. The van der Waals surface area contributed by atoms with Crippen LogP contribution in [0.3, 0.4) is 0 Å². The number of piperidine rings is 1. The van der Waals surface area contributed by atoms with Gasteiger partial charge in [0.25, 0.3) is 5.91 Å². The first-order valence-corrected chi connectivity index (χ1v) is 6.99. The molecule has 2 amide bonds. The Bertz CT molecular complexity index is 727. The van der Waals surface area contributed by atoms with E-state index in [1.807, 2.05) is 37.3 Å². The molecule has 1 saturated heterocycles. The summed E-state index contributed by atoms with van der Waals surface area (Å²) in [5, 5.41) is 4.26. The molecule has 1 N–H and O–H groups in total. The van der Waals surface area contributed by atoms with Gasteiger partial charge in [0.15, 0.2) is 0 Å². The number of nitrogens with zero attached hydrogens (tertiary/aromatic N) is 2. The molecule has 2 aromatic rings. The van der Waals surface area contributed by atoms with E-state index in [4.69, 9.17) is 0 Å². The van der Waals surface area contributed by atoms with Gasteiger partial charge in [-0.25, -0.2) is 4.98 Å². The van der Waals surface area contributed by atoms with Gasteiger partial charge in [0.2, 0.25) is 5.91 Å². The molecule has 0 radical (unpaired) electrons. The number of likely N-dealkylation sites (N-methyl/N-ethyl adjacent to an activating group) is 1. The van der Waals surface area contributed by atoms with Crippen LogP contribution in [0.25, 0.3) is 10.9 Å². The van der Waals surface area contributed by atoms with Crippen LogP contribution in [0.5, 0.6) is 0 Å². The number of aryl methyl sites for hydroxylation is 1. The van der Waals surface area contributed by atoms with Crippen LogP contribution >= 0.6 is 0 Å². The Labute approximate surface area is 123 Å². The summed E-state index contributed by atoms with van der Waals surface area (Å²) >= 11 is 0. The van der Waals surface area contributed by atoms with E-state index in [0.29, 0.717) is 18.7 Å². The van der Waals surface area contributed by atoms with E-state index < -0.39 is 0 Å². The van der Waals surface area contributed by atoms with Gasteiger partial charge in [-0.05, 0) is 31.0 Å². The molecule has 1 aliphatic heterocycles. The predicted octanol–water partition coefficient (Wildman–Crippen LogP) is 2.10. The van der Waals surface area contributed by atoms with Crippen molar-refractivity contribution in [2.75, 3.05) is 12.4 Å². The smallest absolute Gasteiger partial charge is 0.251 e. The van der Waals surface area contributed by atoms with Crippen LogP contribution in [0.1, 0.15) is 18.4 Å². The lowest BCUT2D eigenvalue weighted by atomic mass is 10.0. The van der Waals surface area contributed by atoms with Crippen molar-refractivity contribution in [2.45, 2.75) is 25.8 Å². The molecule has 108 valence electrons. The van der Waals surface area contributed by atoms with E-state index in [1.54, 1.807) is 0 Å². The van der Waals surface area contributed by atoms with Gasteiger partial charge in [0.05, 0.1) is 5.52 Å². The lowest BCUT2D eigenvalue weighted by molar-refractivity contribution is -0.146. The molecule has 0 aliphatic carbocycles. The average Bonchev–Trinajstić information content (AvgIpc) is 2.48. The zero-order valence-electron chi connectivity index (χ0n) is 12.1. The highest BCUT2D eigenvalue weighted by molar-refractivity contribution is 6.01. The molecule has 1 aromatic heterocycles. The molecule has 1 aromatic carbocycles. The minimum Gasteiger partial charge on any atom is -0.358 e. The molecule has 1 fully saturated rings. The number of nitrogens with one attached hydrogen (secondary N) is 1. The summed E-state index contributed by atoms with van der Waals surface area (Å²) < 4.78 is 0. The fourth-order valence-corrected chi connectivity index (χ4v) is 2.58. The molecule has 0 saturated carbocycles. The Hall–Kier alpha value is -2.43. The van der Waals surface area contributed by atoms with Gasteiger partial charge in [-0.1, -0.05) is 18.2 Å². The number of aromatic nitrogens is 1. The second-order valence-corrected chi connectivity index (χ2v) is 5.37. The second kappa shape index (κ2) is 5.16. The van der Waals surface area contributed by atoms with Gasteiger partial charge in [-0.2, -0.15) is 0 Å². The van der Waals surface area contributed by atoms with Crippen molar-refractivity contribution in [1.82, 2.24) is 9.88 Å². The van der Waals surface area contributed by atoms with Crippen LogP contribution in [0.2, 0.25) is 0 Å². The fourth-order valence-electron chi connectivity index (χ4n) is 2.58. The van der Waals surface area contributed by atoms with Gasteiger partial charge < -0.3 is 5.32 Å². The monoisotopic (exact) mass is 283 g/mol. The summed E-state index contributed by atoms with van der Waals surface area (Å²) in [5.41, 5.74) is 1.87. The van der Waals surface area contributed by atoms with E-state index in [-0.39, 0.29) is 17.9 Å². The molecular formula is C16H17N3O2. The van der Waals surface area contributed by atoms with E-state index in [0.717, 1.165) is 16.5 Å². The Balaban J connectivity index is 1.89. The maximum atomic E-state index is 12.1. The SMILES string of the molecule is Cc1cc2ccccc2nc1NC1CCC(=O)N(C)C1=O. The van der Waals surface area contributed by atoms with Gasteiger partial charge in [-0.3, -0.25) is 14.5 Å². The van der Waals surface area contributed by atoms with Crippen molar-refractivity contribution in [3.05, 3.63) is 35.9 Å². The van der Waals surface area contributed by atoms with Gasteiger partial charge in [0, 0.05) is 18.9 Å². The number of pyridine rings is 1. The number of fused-ring (bicyclic) bond motifs is 1. The number of imide groups is 1. The summed E-state index contributed by atoms with van der Waals surface area (Å²) in [4.78, 5) is 29.4. The molecule has 21 heavy (non-hydrogen) atoms. The topological polar surface area (TPSA) is 62.3 Å². The second-order valence-electron chi connectivity index (χ2n) is 5.37. The minimum atomic E-state index is -0.389.